The fourth-order valence-corrected chi connectivity index (χ4v) is 2.04. The first kappa shape index (κ1) is 11.6. The quantitative estimate of drug-likeness (QED) is 0.817. The molecule has 0 radical (unpaired) electrons. The van der Waals surface area contributed by atoms with Gasteiger partial charge < -0.3 is 10.0 Å². The van der Waals surface area contributed by atoms with E-state index in [9.17, 15) is 9.59 Å². The van der Waals surface area contributed by atoms with E-state index in [1.165, 1.54) is 0 Å². The number of likely N-dealkylation sites (tertiary alicyclic amines) is 1. The van der Waals surface area contributed by atoms with E-state index in [0.29, 0.717) is 25.9 Å². The van der Waals surface area contributed by atoms with E-state index in [4.69, 9.17) is 5.11 Å². The van der Waals surface area contributed by atoms with Crippen LogP contribution in [0.15, 0.2) is 12.4 Å². The van der Waals surface area contributed by atoms with Gasteiger partial charge in [0.05, 0.1) is 12.1 Å². The number of aryl methyl sites for hydroxylation is 1. The Hall–Kier alpha value is -1.85. The number of carboxylic acids is 1. The Balaban J connectivity index is 2.03. The summed E-state index contributed by atoms with van der Waals surface area (Å²) in [7, 11) is 1.81. The third kappa shape index (κ3) is 2.64. The van der Waals surface area contributed by atoms with Gasteiger partial charge in [0.1, 0.15) is 0 Å². The molecule has 1 aliphatic rings. The van der Waals surface area contributed by atoms with Gasteiger partial charge in [0.15, 0.2) is 0 Å². The van der Waals surface area contributed by atoms with Crippen molar-refractivity contribution in [3.05, 3.63) is 18.0 Å². The molecule has 1 aromatic rings. The highest BCUT2D eigenvalue weighted by molar-refractivity contribution is 5.80. The summed E-state index contributed by atoms with van der Waals surface area (Å²) in [6.45, 7) is 0.736. The smallest absolute Gasteiger partial charge is 0.308 e. The molecule has 0 aliphatic carbocycles. The van der Waals surface area contributed by atoms with Crippen molar-refractivity contribution >= 4 is 11.9 Å². The minimum atomic E-state index is -0.825. The van der Waals surface area contributed by atoms with Gasteiger partial charge in [-0.15, -0.1) is 0 Å². The van der Waals surface area contributed by atoms with Crippen LogP contribution in [0.3, 0.4) is 0 Å². The third-order valence-electron chi connectivity index (χ3n) is 2.98. The number of amides is 1. The van der Waals surface area contributed by atoms with Crippen molar-refractivity contribution < 1.29 is 14.7 Å². The second-order valence-corrected chi connectivity index (χ2v) is 4.37. The van der Waals surface area contributed by atoms with Crippen molar-refractivity contribution in [1.29, 1.82) is 0 Å². The van der Waals surface area contributed by atoms with E-state index in [0.717, 1.165) is 5.56 Å². The Kier molecular flexibility index (Phi) is 3.12. The van der Waals surface area contributed by atoms with Crippen LogP contribution < -0.4 is 0 Å². The summed E-state index contributed by atoms with van der Waals surface area (Å²) in [5.41, 5.74) is 0.923. The Labute approximate surface area is 98.8 Å². The zero-order chi connectivity index (χ0) is 12.4. The highest BCUT2D eigenvalue weighted by Crippen LogP contribution is 2.19. The number of carbonyl (C=O) groups is 2. The molecule has 6 heteroatoms. The van der Waals surface area contributed by atoms with Crippen molar-refractivity contribution in [2.75, 3.05) is 6.54 Å². The normalized spacial score (nSPS) is 20.6. The topological polar surface area (TPSA) is 75.4 Å². The predicted octanol–water partition coefficient (Wildman–Crippen LogP) is 0.243. The number of rotatable bonds is 3. The minimum Gasteiger partial charge on any atom is -0.481 e. The molecule has 1 aromatic heterocycles. The Morgan fingerprint density at radius 3 is 3.00 bits per heavy atom. The van der Waals surface area contributed by atoms with Gasteiger partial charge in [-0.1, -0.05) is 0 Å². The maximum absolute atomic E-state index is 11.7. The summed E-state index contributed by atoms with van der Waals surface area (Å²) in [5.74, 6) is -1.25. The molecule has 6 nitrogen and oxygen atoms in total. The Morgan fingerprint density at radius 2 is 2.41 bits per heavy atom. The first-order valence-electron chi connectivity index (χ1n) is 5.54. The molecule has 92 valence electrons. The van der Waals surface area contributed by atoms with E-state index >= 15 is 0 Å². The van der Waals surface area contributed by atoms with Crippen LogP contribution in [0.1, 0.15) is 18.4 Å². The summed E-state index contributed by atoms with van der Waals surface area (Å²) in [6.07, 6.45) is 4.28. The van der Waals surface area contributed by atoms with Crippen LogP contribution in [0, 0.1) is 5.92 Å². The van der Waals surface area contributed by atoms with Crippen LogP contribution in [0.2, 0.25) is 0 Å². The lowest BCUT2D eigenvalue weighted by atomic mass is 9.97. The van der Waals surface area contributed by atoms with Crippen molar-refractivity contribution in [1.82, 2.24) is 14.7 Å². The lowest BCUT2D eigenvalue weighted by Crippen LogP contribution is -2.41. The molecule has 1 unspecified atom stereocenters. The molecule has 1 atom stereocenters. The van der Waals surface area contributed by atoms with Crippen molar-refractivity contribution in [2.45, 2.75) is 19.4 Å². The lowest BCUT2D eigenvalue weighted by Gasteiger charge is -2.30. The molecule has 17 heavy (non-hydrogen) atoms. The van der Waals surface area contributed by atoms with E-state index in [-0.39, 0.29) is 5.91 Å². The lowest BCUT2D eigenvalue weighted by molar-refractivity contribution is -0.147. The molecule has 1 fully saturated rings. The van der Waals surface area contributed by atoms with Crippen molar-refractivity contribution in [2.24, 2.45) is 13.0 Å². The fraction of sp³-hybridized carbons (Fsp3) is 0.545. The summed E-state index contributed by atoms with van der Waals surface area (Å²) in [5, 5.41) is 13.0. The number of hydrogen-bond acceptors (Lipinski definition) is 3. The molecule has 1 N–H and O–H groups in total. The molecule has 1 aliphatic heterocycles. The molecular weight excluding hydrogens is 222 g/mol. The molecule has 1 saturated heterocycles. The number of nitrogens with zero attached hydrogens (tertiary/aromatic N) is 3. The van der Waals surface area contributed by atoms with Crippen LogP contribution in [0.5, 0.6) is 0 Å². The monoisotopic (exact) mass is 237 g/mol. The Morgan fingerprint density at radius 1 is 1.65 bits per heavy atom. The third-order valence-corrected chi connectivity index (χ3v) is 2.98. The fourth-order valence-electron chi connectivity index (χ4n) is 2.04. The van der Waals surface area contributed by atoms with Crippen LogP contribution in [0.4, 0.5) is 0 Å². The Bertz CT molecular complexity index is 441. The van der Waals surface area contributed by atoms with Crippen LogP contribution >= 0.6 is 0 Å². The second-order valence-electron chi connectivity index (χ2n) is 4.37. The molecule has 0 saturated carbocycles. The standard InChI is InChI=1S/C11H15N3O3/c1-13-5-8(4-12-13)6-14-7-9(11(16)17)2-3-10(14)15/h4-5,9H,2-3,6-7H2,1H3,(H,16,17). The van der Waals surface area contributed by atoms with Gasteiger partial charge in [0, 0.05) is 38.3 Å². The summed E-state index contributed by atoms with van der Waals surface area (Å²) >= 11 is 0. The molecular formula is C11H15N3O3. The number of piperidine rings is 1. The largest absolute Gasteiger partial charge is 0.481 e. The van der Waals surface area contributed by atoms with Gasteiger partial charge in [-0.3, -0.25) is 14.3 Å². The zero-order valence-electron chi connectivity index (χ0n) is 9.67. The molecule has 0 spiro atoms. The van der Waals surface area contributed by atoms with Gasteiger partial charge >= 0.3 is 5.97 Å². The second kappa shape index (κ2) is 4.57. The molecule has 2 rings (SSSR count). The highest BCUT2D eigenvalue weighted by Gasteiger charge is 2.30. The summed E-state index contributed by atoms with van der Waals surface area (Å²) in [6, 6.07) is 0. The van der Waals surface area contributed by atoms with E-state index in [2.05, 4.69) is 5.10 Å². The molecule has 0 aromatic carbocycles. The summed E-state index contributed by atoms with van der Waals surface area (Å²) in [4.78, 5) is 24.2. The molecule has 2 heterocycles. The average molecular weight is 237 g/mol. The van der Waals surface area contributed by atoms with E-state index in [1.807, 2.05) is 13.2 Å². The number of hydrogen-bond donors (Lipinski definition) is 1. The number of aliphatic carboxylic acids is 1. The predicted molar refractivity (Wildman–Crippen MR) is 59.0 cm³/mol. The van der Waals surface area contributed by atoms with Crippen molar-refractivity contribution in [3.8, 4) is 0 Å². The van der Waals surface area contributed by atoms with Gasteiger partial charge in [-0.2, -0.15) is 5.10 Å². The van der Waals surface area contributed by atoms with E-state index < -0.39 is 11.9 Å². The first-order chi connectivity index (χ1) is 8.06. The van der Waals surface area contributed by atoms with Gasteiger partial charge in [0.25, 0.3) is 0 Å². The van der Waals surface area contributed by atoms with Crippen molar-refractivity contribution in [3.63, 3.8) is 0 Å². The number of aromatic nitrogens is 2. The maximum atomic E-state index is 11.7. The van der Waals surface area contributed by atoms with Crippen LogP contribution in [-0.4, -0.2) is 38.2 Å². The minimum absolute atomic E-state index is 0.0198. The van der Waals surface area contributed by atoms with Gasteiger partial charge in [-0.25, -0.2) is 0 Å². The number of carbonyl (C=O) groups excluding carboxylic acids is 1. The van der Waals surface area contributed by atoms with Gasteiger partial charge in [0.2, 0.25) is 5.91 Å². The maximum Gasteiger partial charge on any atom is 0.308 e. The highest BCUT2D eigenvalue weighted by atomic mass is 16.4. The average Bonchev–Trinajstić information content (AvgIpc) is 2.67. The van der Waals surface area contributed by atoms with E-state index in [1.54, 1.807) is 15.8 Å². The SMILES string of the molecule is Cn1cc(CN2CC(C(=O)O)CCC2=O)cn1. The van der Waals surface area contributed by atoms with Gasteiger partial charge in [-0.05, 0) is 6.42 Å². The molecule has 0 bridgehead atoms. The number of carboxylic acid groups (broad SMARTS) is 1. The van der Waals surface area contributed by atoms with Crippen LogP contribution in [-0.2, 0) is 23.2 Å². The zero-order valence-corrected chi connectivity index (χ0v) is 9.67. The van der Waals surface area contributed by atoms with Crippen LogP contribution in [0.25, 0.3) is 0 Å². The summed E-state index contributed by atoms with van der Waals surface area (Å²) < 4.78 is 1.67. The first-order valence-corrected chi connectivity index (χ1v) is 5.54. The molecule has 1 amide bonds.